The Kier molecular flexibility index (Phi) is 6.47. The van der Waals surface area contributed by atoms with Gasteiger partial charge < -0.3 is 20.3 Å². The van der Waals surface area contributed by atoms with Gasteiger partial charge in [-0.2, -0.15) is 0 Å². The maximum Gasteiger partial charge on any atom is 0.263 e. The van der Waals surface area contributed by atoms with Crippen molar-refractivity contribution in [3.63, 3.8) is 0 Å². The van der Waals surface area contributed by atoms with Crippen molar-refractivity contribution < 1.29 is 9.53 Å². The van der Waals surface area contributed by atoms with E-state index in [1.54, 1.807) is 6.07 Å². The van der Waals surface area contributed by atoms with E-state index in [2.05, 4.69) is 25.5 Å². The van der Waals surface area contributed by atoms with E-state index in [4.69, 9.17) is 21.3 Å². The van der Waals surface area contributed by atoms with Crippen molar-refractivity contribution in [3.05, 3.63) is 46.2 Å². The van der Waals surface area contributed by atoms with Gasteiger partial charge in [0.25, 0.3) is 5.91 Å². The molecule has 8 nitrogen and oxygen atoms in total. The number of carbonyl (C=O) groups is 1. The Morgan fingerprint density at radius 1 is 1.14 bits per heavy atom. The second kappa shape index (κ2) is 9.89. The zero-order valence-electron chi connectivity index (χ0n) is 20.0. The monoisotopic (exact) mass is 522 g/mol. The van der Waals surface area contributed by atoms with E-state index >= 15 is 0 Å². The van der Waals surface area contributed by atoms with Crippen molar-refractivity contribution in [1.82, 2.24) is 25.2 Å². The quantitative estimate of drug-likeness (QED) is 0.280. The molecule has 0 spiro atoms. The van der Waals surface area contributed by atoms with E-state index in [1.165, 1.54) is 24.2 Å². The molecular weight excluding hydrogens is 496 g/mol. The number of benzene rings is 1. The molecule has 0 saturated carbocycles. The van der Waals surface area contributed by atoms with E-state index < -0.39 is 0 Å². The maximum absolute atomic E-state index is 12.7. The number of ether oxygens (including phenoxy) is 1. The summed E-state index contributed by atoms with van der Waals surface area (Å²) < 4.78 is 6.89. The highest BCUT2D eigenvalue weighted by Gasteiger charge is 2.25. The standard InChI is InChI=1S/C26H27ClN6O2S/c1-15-13-28-24-23-16-4-5-18(30-17(16)6-7-20(23)36-25(24)26(34)29-15)19-12-21(27)32-22(31-19)14-35-11-10-33-8-2-3-9-33/h4-7,12,15,28H,2-3,8-11,13-14H2,1H3,(H,29,34)/t15-/m1/s1. The lowest BCUT2D eigenvalue weighted by Gasteiger charge is -2.14. The summed E-state index contributed by atoms with van der Waals surface area (Å²) in [7, 11) is 0. The molecule has 0 unspecified atom stereocenters. The third kappa shape index (κ3) is 4.64. The minimum Gasteiger partial charge on any atom is -0.381 e. The number of nitrogens with zero attached hydrogens (tertiary/aromatic N) is 4. The van der Waals surface area contributed by atoms with Gasteiger partial charge in [-0.15, -0.1) is 11.3 Å². The van der Waals surface area contributed by atoms with Crippen LogP contribution in [0, 0.1) is 0 Å². The van der Waals surface area contributed by atoms with Crippen molar-refractivity contribution >= 4 is 55.5 Å². The normalized spacial score (nSPS) is 18.3. The van der Waals surface area contributed by atoms with E-state index in [1.807, 2.05) is 31.2 Å². The number of aromatic nitrogens is 3. The second-order valence-corrected chi connectivity index (χ2v) is 10.8. The first-order valence-corrected chi connectivity index (χ1v) is 13.5. The third-order valence-corrected chi connectivity index (χ3v) is 8.02. The van der Waals surface area contributed by atoms with Gasteiger partial charge in [0.1, 0.15) is 16.6 Å². The lowest BCUT2D eigenvalue weighted by Crippen LogP contribution is -2.34. The molecule has 2 N–H and O–H groups in total. The van der Waals surface area contributed by atoms with Gasteiger partial charge in [0.05, 0.1) is 29.2 Å². The van der Waals surface area contributed by atoms with Gasteiger partial charge in [-0.25, -0.2) is 15.0 Å². The van der Waals surface area contributed by atoms with E-state index in [-0.39, 0.29) is 11.9 Å². The average Bonchev–Trinajstić information content (AvgIpc) is 3.50. The van der Waals surface area contributed by atoms with Crippen LogP contribution in [0.3, 0.4) is 0 Å². The van der Waals surface area contributed by atoms with Crippen LogP contribution in [0.2, 0.25) is 5.15 Å². The zero-order valence-corrected chi connectivity index (χ0v) is 21.6. The summed E-state index contributed by atoms with van der Waals surface area (Å²) in [4.78, 5) is 29.7. The van der Waals surface area contributed by atoms with Crippen molar-refractivity contribution in [2.75, 3.05) is 38.1 Å². The maximum atomic E-state index is 12.7. The topological polar surface area (TPSA) is 92.3 Å². The fourth-order valence-corrected chi connectivity index (χ4v) is 6.19. The molecule has 0 bridgehead atoms. The average molecular weight is 523 g/mol. The smallest absolute Gasteiger partial charge is 0.263 e. The fraction of sp³-hybridized carbons (Fsp3) is 0.385. The Morgan fingerprint density at radius 2 is 2.00 bits per heavy atom. The van der Waals surface area contributed by atoms with Gasteiger partial charge in [-0.05, 0) is 57.1 Å². The van der Waals surface area contributed by atoms with Crippen LogP contribution in [0.25, 0.3) is 32.4 Å². The molecule has 6 rings (SSSR count). The molecule has 0 radical (unpaired) electrons. The molecular formula is C26H27ClN6O2S. The number of anilines is 1. The zero-order chi connectivity index (χ0) is 24.6. The first kappa shape index (κ1) is 23.5. The van der Waals surface area contributed by atoms with E-state index in [0.29, 0.717) is 47.0 Å². The van der Waals surface area contributed by atoms with E-state index in [9.17, 15) is 4.79 Å². The number of rotatable bonds is 6. The van der Waals surface area contributed by atoms with Crippen LogP contribution in [0.5, 0.6) is 0 Å². The summed E-state index contributed by atoms with van der Waals surface area (Å²) in [5.74, 6) is 0.510. The third-order valence-electron chi connectivity index (χ3n) is 6.68. The molecule has 3 aromatic heterocycles. The minimum absolute atomic E-state index is 0.0350. The summed E-state index contributed by atoms with van der Waals surface area (Å²) in [6, 6.07) is 9.80. The molecule has 10 heteroatoms. The second-order valence-electron chi connectivity index (χ2n) is 9.36. The Labute approximate surface area is 218 Å². The lowest BCUT2D eigenvalue weighted by atomic mass is 10.1. The number of carbonyl (C=O) groups excluding carboxylic acids is 1. The molecule has 1 aromatic carbocycles. The van der Waals surface area contributed by atoms with Crippen molar-refractivity contribution in [2.45, 2.75) is 32.4 Å². The van der Waals surface area contributed by atoms with Gasteiger partial charge in [-0.3, -0.25) is 4.79 Å². The van der Waals surface area contributed by atoms with Gasteiger partial charge in [0, 0.05) is 40.7 Å². The van der Waals surface area contributed by atoms with Crippen LogP contribution < -0.4 is 10.6 Å². The predicted molar refractivity (Wildman–Crippen MR) is 144 cm³/mol. The molecule has 1 saturated heterocycles. The van der Waals surface area contributed by atoms with Gasteiger partial charge in [0.2, 0.25) is 0 Å². The summed E-state index contributed by atoms with van der Waals surface area (Å²) >= 11 is 7.83. The predicted octanol–water partition coefficient (Wildman–Crippen LogP) is 4.72. The Balaban J connectivity index is 1.28. The van der Waals surface area contributed by atoms with Crippen molar-refractivity contribution in [3.8, 4) is 11.4 Å². The van der Waals surface area contributed by atoms with Crippen LogP contribution in [0.1, 0.15) is 35.3 Å². The van der Waals surface area contributed by atoms with Crippen molar-refractivity contribution in [2.24, 2.45) is 0 Å². The highest BCUT2D eigenvalue weighted by molar-refractivity contribution is 7.21. The molecule has 1 amide bonds. The van der Waals surface area contributed by atoms with Crippen molar-refractivity contribution in [1.29, 1.82) is 0 Å². The summed E-state index contributed by atoms with van der Waals surface area (Å²) in [5, 5.41) is 8.89. The summed E-state index contributed by atoms with van der Waals surface area (Å²) in [6.07, 6.45) is 2.54. The molecule has 2 aliphatic heterocycles. The number of nitrogens with one attached hydrogen (secondary N) is 2. The number of hydrogen-bond acceptors (Lipinski definition) is 8. The molecule has 1 atom stereocenters. The summed E-state index contributed by atoms with van der Waals surface area (Å²) in [6.45, 7) is 6.85. The molecule has 0 aliphatic carbocycles. The molecule has 186 valence electrons. The van der Waals surface area contributed by atoms with Gasteiger partial charge >= 0.3 is 0 Å². The van der Waals surface area contributed by atoms with Gasteiger partial charge in [-0.1, -0.05) is 11.6 Å². The Morgan fingerprint density at radius 3 is 2.86 bits per heavy atom. The number of hydrogen-bond donors (Lipinski definition) is 2. The number of fused-ring (bicyclic) bond motifs is 5. The van der Waals surface area contributed by atoms with Crippen LogP contribution in [-0.4, -0.2) is 64.6 Å². The summed E-state index contributed by atoms with van der Waals surface area (Å²) in [5.41, 5.74) is 3.09. The highest BCUT2D eigenvalue weighted by Crippen LogP contribution is 2.41. The number of pyridine rings is 1. The molecule has 2 aliphatic rings. The number of thiophene rings is 1. The molecule has 4 aromatic rings. The number of halogens is 1. The SMILES string of the molecule is C[C@@H]1CNc2c(sc3ccc4nc(-c5cc(Cl)nc(COCCN6CCCC6)n5)ccc4c23)C(=O)N1. The Bertz CT molecular complexity index is 1450. The van der Waals surface area contributed by atoms with Gasteiger partial charge in [0.15, 0.2) is 5.82 Å². The molecule has 5 heterocycles. The van der Waals surface area contributed by atoms with Crippen LogP contribution in [-0.2, 0) is 11.3 Å². The number of amides is 1. The van der Waals surface area contributed by atoms with Crippen LogP contribution >= 0.6 is 22.9 Å². The molecule has 36 heavy (non-hydrogen) atoms. The van der Waals surface area contributed by atoms with E-state index in [0.717, 1.165) is 46.3 Å². The minimum atomic E-state index is -0.0350. The van der Waals surface area contributed by atoms with Crippen LogP contribution in [0.4, 0.5) is 5.69 Å². The first-order valence-electron chi connectivity index (χ1n) is 12.3. The van der Waals surface area contributed by atoms with Crippen LogP contribution in [0.15, 0.2) is 30.3 Å². The fourth-order valence-electron chi connectivity index (χ4n) is 4.89. The molecule has 1 fully saturated rings. The lowest BCUT2D eigenvalue weighted by molar-refractivity contribution is 0.0947. The largest absolute Gasteiger partial charge is 0.381 e. The first-order chi connectivity index (χ1) is 17.5. The number of likely N-dealkylation sites (tertiary alicyclic amines) is 1. The Hall–Kier alpha value is -2.85. The highest BCUT2D eigenvalue weighted by atomic mass is 35.5.